The Morgan fingerprint density at radius 1 is 0.757 bits per heavy atom. The molecule has 6 aromatic rings. The number of halogens is 1. The average Bonchev–Trinajstić information content (AvgIpc) is 3.55. The fourth-order valence-electron chi connectivity index (χ4n) is 4.70. The number of aromatic nitrogens is 3. The largest absolute Gasteiger partial charge is 0.288 e. The van der Waals surface area contributed by atoms with E-state index in [9.17, 15) is 14.0 Å². The Hall–Kier alpha value is -4.75. The van der Waals surface area contributed by atoms with E-state index in [1.165, 1.54) is 23.5 Å². The number of para-hydroxylation sites is 1. The molecule has 1 aliphatic carbocycles. The van der Waals surface area contributed by atoms with Crippen molar-refractivity contribution in [3.8, 4) is 16.3 Å². The van der Waals surface area contributed by atoms with E-state index in [4.69, 9.17) is 9.97 Å². The molecule has 7 rings (SSSR count). The summed E-state index contributed by atoms with van der Waals surface area (Å²) < 4.78 is 15.3. The molecule has 0 atom stereocenters. The number of carbonyl (C=O) groups excluding carboxylic acids is 2. The number of hydrogen-bond donors (Lipinski definition) is 0. The quantitative estimate of drug-likeness (QED) is 0.195. The van der Waals surface area contributed by atoms with Crippen LogP contribution < -0.4 is 0 Å². The number of rotatable bonds is 3. The summed E-state index contributed by atoms with van der Waals surface area (Å²) in [7, 11) is 0. The van der Waals surface area contributed by atoms with Crippen molar-refractivity contribution in [3.63, 3.8) is 0 Å². The van der Waals surface area contributed by atoms with Crippen molar-refractivity contribution in [2.24, 2.45) is 0 Å². The van der Waals surface area contributed by atoms with E-state index in [1.54, 1.807) is 30.3 Å². The fourth-order valence-corrected chi connectivity index (χ4v) is 5.64. The Bertz CT molecular complexity index is 1860. The molecule has 0 unspecified atom stereocenters. The van der Waals surface area contributed by atoms with Gasteiger partial charge in [0.2, 0.25) is 0 Å². The number of benzene rings is 4. The second-order valence-electron chi connectivity index (χ2n) is 8.76. The average molecular weight is 502 g/mol. The van der Waals surface area contributed by atoms with Gasteiger partial charge in [-0.1, -0.05) is 53.8 Å². The maximum absolute atomic E-state index is 13.4. The highest BCUT2D eigenvalue weighted by atomic mass is 32.1. The second kappa shape index (κ2) is 8.15. The zero-order valence-electron chi connectivity index (χ0n) is 19.2. The number of ketones is 2. The molecule has 5 nitrogen and oxygen atoms in total. The van der Waals surface area contributed by atoms with Gasteiger partial charge in [0.25, 0.3) is 0 Å². The SMILES string of the molecule is O=C1C(=Cc2nc3sc(-c4ccc(F)cc4)nc3n2-c2ccccc2)C(=O)c2cc3ccccc3cc21. The summed E-state index contributed by atoms with van der Waals surface area (Å²) in [6, 6.07) is 26.9. The van der Waals surface area contributed by atoms with Crippen LogP contribution in [0, 0.1) is 5.82 Å². The Balaban J connectivity index is 1.39. The predicted molar refractivity (Wildman–Crippen MR) is 143 cm³/mol. The van der Waals surface area contributed by atoms with E-state index < -0.39 is 0 Å². The lowest BCUT2D eigenvalue weighted by Gasteiger charge is -2.06. The topological polar surface area (TPSA) is 64.8 Å². The molecule has 0 aliphatic heterocycles. The van der Waals surface area contributed by atoms with Crippen LogP contribution in [0.2, 0.25) is 0 Å². The van der Waals surface area contributed by atoms with Crippen molar-refractivity contribution in [1.82, 2.24) is 14.5 Å². The van der Waals surface area contributed by atoms with E-state index in [0.29, 0.717) is 32.4 Å². The van der Waals surface area contributed by atoms with Gasteiger partial charge in [0.1, 0.15) is 16.6 Å². The first kappa shape index (κ1) is 21.5. The molecule has 0 radical (unpaired) electrons. The number of imidazole rings is 1. The lowest BCUT2D eigenvalue weighted by Crippen LogP contribution is -2.04. The van der Waals surface area contributed by atoms with Crippen molar-refractivity contribution in [1.29, 1.82) is 0 Å². The van der Waals surface area contributed by atoms with Crippen LogP contribution >= 0.6 is 11.3 Å². The number of thiazole rings is 1. The molecular formula is C30H16FN3O2S. The molecule has 0 bridgehead atoms. The minimum atomic E-state index is -0.314. The zero-order valence-corrected chi connectivity index (χ0v) is 20.0. The molecule has 0 N–H and O–H groups in total. The third-order valence-corrected chi connectivity index (χ3v) is 7.48. The third-order valence-electron chi connectivity index (χ3n) is 6.49. The van der Waals surface area contributed by atoms with Gasteiger partial charge in [-0.25, -0.2) is 14.4 Å². The van der Waals surface area contributed by atoms with E-state index >= 15 is 0 Å². The predicted octanol–water partition coefficient (Wildman–Crippen LogP) is 6.90. The lowest BCUT2D eigenvalue weighted by molar-refractivity contribution is 0.0990. The van der Waals surface area contributed by atoms with Gasteiger partial charge in [-0.2, -0.15) is 0 Å². The smallest absolute Gasteiger partial charge is 0.197 e. The van der Waals surface area contributed by atoms with Gasteiger partial charge in [0, 0.05) is 22.4 Å². The molecule has 4 aromatic carbocycles. The van der Waals surface area contributed by atoms with Gasteiger partial charge in [-0.3, -0.25) is 14.2 Å². The van der Waals surface area contributed by atoms with E-state index in [2.05, 4.69) is 0 Å². The molecule has 37 heavy (non-hydrogen) atoms. The molecular weight excluding hydrogens is 485 g/mol. The standard InChI is InChI=1S/C30H16FN3O2S/c31-20-12-10-17(11-13-20)29-33-28-30(37-29)32-25(34(28)21-8-2-1-3-9-21)16-24-26(35)22-14-18-6-4-5-7-19(18)15-23(22)27(24)36/h1-16H. The van der Waals surface area contributed by atoms with Crippen LogP contribution in [-0.4, -0.2) is 26.1 Å². The maximum atomic E-state index is 13.4. The summed E-state index contributed by atoms with van der Waals surface area (Å²) in [5.41, 5.74) is 3.08. The first-order valence-electron chi connectivity index (χ1n) is 11.6. The minimum Gasteiger partial charge on any atom is -0.288 e. The monoisotopic (exact) mass is 501 g/mol. The molecule has 0 spiro atoms. The third kappa shape index (κ3) is 3.43. The molecule has 176 valence electrons. The van der Waals surface area contributed by atoms with Crippen LogP contribution in [0.1, 0.15) is 26.5 Å². The first-order valence-corrected chi connectivity index (χ1v) is 12.4. The summed E-state index contributed by atoms with van der Waals surface area (Å²) in [6.45, 7) is 0. The number of Topliss-reactive ketones (excluding diaryl/α,β-unsaturated/α-hetero) is 2. The number of allylic oxidation sites excluding steroid dienone is 1. The highest BCUT2D eigenvalue weighted by Crippen LogP contribution is 2.35. The molecule has 1 aliphatic rings. The highest BCUT2D eigenvalue weighted by molar-refractivity contribution is 7.21. The number of fused-ring (bicyclic) bond motifs is 3. The van der Waals surface area contributed by atoms with Crippen LogP contribution in [0.15, 0.2) is 96.6 Å². The van der Waals surface area contributed by atoms with Gasteiger partial charge in [-0.15, -0.1) is 0 Å². The minimum absolute atomic E-state index is 0.0823. The number of nitrogens with zero attached hydrogens (tertiary/aromatic N) is 3. The molecule has 2 heterocycles. The van der Waals surface area contributed by atoms with Gasteiger partial charge in [-0.05, 0) is 65.4 Å². The van der Waals surface area contributed by atoms with Crippen LogP contribution in [0.4, 0.5) is 4.39 Å². The fraction of sp³-hybridized carbons (Fsp3) is 0. The number of carbonyl (C=O) groups is 2. The van der Waals surface area contributed by atoms with Gasteiger partial charge >= 0.3 is 0 Å². The molecule has 0 saturated carbocycles. The van der Waals surface area contributed by atoms with Gasteiger partial charge < -0.3 is 0 Å². The van der Waals surface area contributed by atoms with Crippen molar-refractivity contribution >= 4 is 50.2 Å². The summed E-state index contributed by atoms with van der Waals surface area (Å²) in [6.07, 6.45) is 1.56. The molecule has 7 heteroatoms. The summed E-state index contributed by atoms with van der Waals surface area (Å²) in [5.74, 6) is -0.487. The number of hydrogen-bond acceptors (Lipinski definition) is 5. The van der Waals surface area contributed by atoms with Gasteiger partial charge in [0.05, 0.1) is 5.57 Å². The first-order chi connectivity index (χ1) is 18.1. The zero-order chi connectivity index (χ0) is 25.1. The van der Waals surface area contributed by atoms with Crippen molar-refractivity contribution in [2.45, 2.75) is 0 Å². The highest BCUT2D eigenvalue weighted by Gasteiger charge is 2.34. The lowest BCUT2D eigenvalue weighted by atomic mass is 10.0. The summed E-state index contributed by atoms with van der Waals surface area (Å²) >= 11 is 1.37. The molecule has 0 amide bonds. The summed E-state index contributed by atoms with van der Waals surface area (Å²) in [4.78, 5) is 36.9. The van der Waals surface area contributed by atoms with Crippen molar-refractivity contribution in [2.75, 3.05) is 0 Å². The van der Waals surface area contributed by atoms with Crippen molar-refractivity contribution < 1.29 is 14.0 Å². The van der Waals surface area contributed by atoms with Crippen LogP contribution in [0.25, 0.3) is 43.6 Å². The summed E-state index contributed by atoms with van der Waals surface area (Å²) in [5, 5.41) is 2.52. The van der Waals surface area contributed by atoms with Gasteiger partial charge in [0.15, 0.2) is 22.0 Å². The van der Waals surface area contributed by atoms with Crippen LogP contribution in [-0.2, 0) is 0 Å². The van der Waals surface area contributed by atoms with E-state index in [-0.39, 0.29) is 23.0 Å². The normalized spacial score (nSPS) is 13.1. The maximum Gasteiger partial charge on any atom is 0.197 e. The molecule has 0 saturated heterocycles. The van der Waals surface area contributed by atoms with E-state index in [1.807, 2.05) is 59.2 Å². The Morgan fingerprint density at radius 2 is 1.38 bits per heavy atom. The Kier molecular flexibility index (Phi) is 4.74. The molecule has 0 fully saturated rings. The van der Waals surface area contributed by atoms with E-state index in [0.717, 1.165) is 22.0 Å². The van der Waals surface area contributed by atoms with Crippen LogP contribution in [0.3, 0.4) is 0 Å². The van der Waals surface area contributed by atoms with Crippen LogP contribution in [0.5, 0.6) is 0 Å². The Labute approximate surface area is 214 Å². The Morgan fingerprint density at radius 3 is 2.03 bits per heavy atom. The second-order valence-corrected chi connectivity index (χ2v) is 9.73. The van der Waals surface area contributed by atoms with Crippen molar-refractivity contribution in [3.05, 3.63) is 119 Å². The molecule has 2 aromatic heterocycles.